The van der Waals surface area contributed by atoms with E-state index in [-0.39, 0.29) is 0 Å². The van der Waals surface area contributed by atoms with Crippen LogP contribution in [0.5, 0.6) is 5.75 Å². The fourth-order valence-corrected chi connectivity index (χ4v) is 2.41. The normalized spacial score (nSPS) is 12.1. The number of hydrogen-bond acceptors (Lipinski definition) is 1. The minimum Gasteiger partial charge on any atom is -0.489 e. The Morgan fingerprint density at radius 1 is 1.00 bits per heavy atom. The molecule has 2 rings (SSSR count). The Morgan fingerprint density at radius 3 is 2.47 bits per heavy atom. The van der Waals surface area contributed by atoms with Crippen molar-refractivity contribution in [2.24, 2.45) is 0 Å². The third-order valence-corrected chi connectivity index (χ3v) is 4.37. The molecule has 100 valence electrons. The van der Waals surface area contributed by atoms with Gasteiger partial charge in [-0.2, -0.15) is 0 Å². The van der Waals surface area contributed by atoms with Gasteiger partial charge in [0.1, 0.15) is 12.4 Å². The van der Waals surface area contributed by atoms with Gasteiger partial charge in [0.15, 0.2) is 0 Å². The molecule has 0 amide bonds. The van der Waals surface area contributed by atoms with Crippen molar-refractivity contribution in [3.63, 3.8) is 0 Å². The van der Waals surface area contributed by atoms with Gasteiger partial charge in [-0.1, -0.05) is 72.0 Å². The average Bonchev–Trinajstić information content (AvgIpc) is 2.46. The lowest BCUT2D eigenvalue weighted by Gasteiger charge is -2.10. The zero-order chi connectivity index (χ0) is 13.5. The summed E-state index contributed by atoms with van der Waals surface area (Å²) in [5, 5.41) is 0. The van der Waals surface area contributed by atoms with Crippen LogP contribution in [0.15, 0.2) is 54.6 Å². The summed E-state index contributed by atoms with van der Waals surface area (Å²) in [5.74, 6) is 0.959. The maximum Gasteiger partial charge on any atom is 0.120 e. The molecule has 0 aliphatic heterocycles. The second-order valence-electron chi connectivity index (χ2n) is 4.63. The number of hydrogen-bond donors (Lipinski definition) is 0. The molecule has 2 heteroatoms. The summed E-state index contributed by atoms with van der Waals surface area (Å²) in [6.45, 7) is 2.86. The van der Waals surface area contributed by atoms with Crippen molar-refractivity contribution in [2.45, 2.75) is 30.3 Å². The Hall–Kier alpha value is -1.03. The molecule has 2 aromatic rings. The van der Waals surface area contributed by atoms with Gasteiger partial charge < -0.3 is 4.74 Å². The first kappa shape index (κ1) is 14.4. The van der Waals surface area contributed by atoms with E-state index >= 15 is 0 Å². The van der Waals surface area contributed by atoms with Gasteiger partial charge in [-0.15, -0.1) is 0 Å². The third kappa shape index (κ3) is 4.86. The topological polar surface area (TPSA) is 9.23 Å². The maximum atomic E-state index is 5.85. The number of benzene rings is 2. The highest BCUT2D eigenvalue weighted by molar-refractivity contribution is 14.1. The maximum absolute atomic E-state index is 5.85. The van der Waals surface area contributed by atoms with Crippen LogP contribution in [-0.4, -0.2) is 3.92 Å². The molecule has 19 heavy (non-hydrogen) atoms. The van der Waals surface area contributed by atoms with E-state index in [4.69, 9.17) is 4.74 Å². The standard InChI is InChI=1S/C17H19IO/c1-2-16(18)11-15-9-6-10-17(12-15)19-13-14-7-4-3-5-8-14/h3-10,12,16H,2,11,13H2,1H3/t16-/m1/s1. The molecule has 0 radical (unpaired) electrons. The summed E-state index contributed by atoms with van der Waals surface area (Å²) in [4.78, 5) is 0. The van der Waals surface area contributed by atoms with Gasteiger partial charge in [0.2, 0.25) is 0 Å². The van der Waals surface area contributed by atoms with Crippen molar-refractivity contribution in [1.82, 2.24) is 0 Å². The van der Waals surface area contributed by atoms with Crippen molar-refractivity contribution in [3.05, 3.63) is 65.7 Å². The first-order valence-corrected chi connectivity index (χ1v) is 7.92. The molecule has 0 unspecified atom stereocenters. The highest BCUT2D eigenvalue weighted by atomic mass is 127. The van der Waals surface area contributed by atoms with Crippen molar-refractivity contribution in [1.29, 1.82) is 0 Å². The van der Waals surface area contributed by atoms with Gasteiger partial charge in [0, 0.05) is 3.92 Å². The van der Waals surface area contributed by atoms with Crippen molar-refractivity contribution >= 4 is 22.6 Å². The van der Waals surface area contributed by atoms with Crippen LogP contribution < -0.4 is 4.74 Å². The second kappa shape index (κ2) is 7.53. The van der Waals surface area contributed by atoms with Crippen LogP contribution in [0.3, 0.4) is 0 Å². The van der Waals surface area contributed by atoms with E-state index in [0.29, 0.717) is 10.5 Å². The Kier molecular flexibility index (Phi) is 5.70. The summed E-state index contributed by atoms with van der Waals surface area (Å²) in [7, 11) is 0. The molecule has 0 N–H and O–H groups in total. The number of halogens is 1. The number of ether oxygens (including phenoxy) is 1. The van der Waals surface area contributed by atoms with Crippen molar-refractivity contribution in [2.75, 3.05) is 0 Å². The van der Waals surface area contributed by atoms with E-state index in [0.717, 1.165) is 12.2 Å². The molecule has 1 nitrogen and oxygen atoms in total. The van der Waals surface area contributed by atoms with E-state index in [2.05, 4.69) is 59.8 Å². The first-order chi connectivity index (χ1) is 9.28. The van der Waals surface area contributed by atoms with Gasteiger partial charge in [-0.05, 0) is 36.1 Å². The van der Waals surface area contributed by atoms with Gasteiger partial charge in [0.05, 0.1) is 0 Å². The number of rotatable bonds is 6. The highest BCUT2D eigenvalue weighted by Crippen LogP contribution is 2.19. The Bertz CT molecular complexity index is 496. The van der Waals surface area contributed by atoms with E-state index in [1.54, 1.807) is 0 Å². The first-order valence-electron chi connectivity index (χ1n) is 6.67. The van der Waals surface area contributed by atoms with Gasteiger partial charge >= 0.3 is 0 Å². The molecule has 0 spiro atoms. The summed E-state index contributed by atoms with van der Waals surface area (Å²) in [6.07, 6.45) is 2.31. The molecule has 2 aromatic carbocycles. The smallest absolute Gasteiger partial charge is 0.120 e. The van der Waals surface area contributed by atoms with E-state index in [1.165, 1.54) is 17.5 Å². The SMILES string of the molecule is CC[C@@H](I)Cc1cccc(OCc2ccccc2)c1. The fraction of sp³-hybridized carbons (Fsp3) is 0.294. The van der Waals surface area contributed by atoms with Crippen LogP contribution in [0.1, 0.15) is 24.5 Å². The lowest BCUT2D eigenvalue weighted by atomic mass is 10.1. The molecule has 0 saturated carbocycles. The zero-order valence-electron chi connectivity index (χ0n) is 11.2. The highest BCUT2D eigenvalue weighted by Gasteiger charge is 2.04. The third-order valence-electron chi connectivity index (χ3n) is 3.05. The average molecular weight is 366 g/mol. The minimum atomic E-state index is 0.631. The summed E-state index contributed by atoms with van der Waals surface area (Å²) in [6, 6.07) is 18.7. The molecular formula is C17H19IO. The second-order valence-corrected chi connectivity index (χ2v) is 6.39. The largest absolute Gasteiger partial charge is 0.489 e. The molecule has 0 saturated heterocycles. The van der Waals surface area contributed by atoms with Crippen LogP contribution >= 0.6 is 22.6 Å². The minimum absolute atomic E-state index is 0.631. The van der Waals surface area contributed by atoms with Crippen LogP contribution in [0, 0.1) is 0 Å². The van der Waals surface area contributed by atoms with Crippen LogP contribution in [0.25, 0.3) is 0 Å². The quantitative estimate of drug-likeness (QED) is 0.515. The molecule has 0 aliphatic rings. The van der Waals surface area contributed by atoms with Crippen LogP contribution in [0.2, 0.25) is 0 Å². The number of alkyl halides is 1. The summed E-state index contributed by atoms with van der Waals surface area (Å²) in [5.41, 5.74) is 2.56. The monoisotopic (exact) mass is 366 g/mol. The lowest BCUT2D eigenvalue weighted by molar-refractivity contribution is 0.306. The van der Waals surface area contributed by atoms with Gasteiger partial charge in [0.25, 0.3) is 0 Å². The molecule has 1 atom stereocenters. The Morgan fingerprint density at radius 2 is 1.74 bits per heavy atom. The molecular weight excluding hydrogens is 347 g/mol. The molecule has 0 bridgehead atoms. The van der Waals surface area contributed by atoms with Crippen molar-refractivity contribution in [3.8, 4) is 5.75 Å². The zero-order valence-corrected chi connectivity index (χ0v) is 13.3. The van der Waals surface area contributed by atoms with Crippen LogP contribution in [-0.2, 0) is 13.0 Å². The van der Waals surface area contributed by atoms with E-state index in [1.807, 2.05) is 24.3 Å². The predicted molar refractivity (Wildman–Crippen MR) is 89.0 cm³/mol. The molecule has 0 aliphatic carbocycles. The molecule has 0 aromatic heterocycles. The van der Waals surface area contributed by atoms with Gasteiger partial charge in [-0.3, -0.25) is 0 Å². The van der Waals surface area contributed by atoms with Crippen molar-refractivity contribution < 1.29 is 4.74 Å². The predicted octanol–water partition coefficient (Wildman–Crippen LogP) is 5.02. The van der Waals surface area contributed by atoms with Gasteiger partial charge in [-0.25, -0.2) is 0 Å². The lowest BCUT2D eigenvalue weighted by Crippen LogP contribution is -2.01. The fourth-order valence-electron chi connectivity index (χ4n) is 1.90. The summed E-state index contributed by atoms with van der Waals surface area (Å²) >= 11 is 2.51. The Labute approximate surface area is 129 Å². The van der Waals surface area contributed by atoms with Crippen LogP contribution in [0.4, 0.5) is 0 Å². The molecule has 0 heterocycles. The Balaban J connectivity index is 1.95. The van der Waals surface area contributed by atoms with E-state index < -0.39 is 0 Å². The molecule has 0 fully saturated rings. The van der Waals surface area contributed by atoms with E-state index in [9.17, 15) is 0 Å². The summed E-state index contributed by atoms with van der Waals surface area (Å²) < 4.78 is 6.54.